The van der Waals surface area contributed by atoms with E-state index in [1.165, 1.54) is 11.3 Å². The molecular weight excluding hydrogens is 556 g/mol. The van der Waals surface area contributed by atoms with Crippen molar-refractivity contribution in [3.05, 3.63) is 88.4 Å². The molecule has 0 aliphatic carbocycles. The number of halogens is 1. The number of benzene rings is 3. The summed E-state index contributed by atoms with van der Waals surface area (Å²) in [5.41, 5.74) is 2.35. The molecule has 0 spiro atoms. The zero-order valence-corrected chi connectivity index (χ0v) is 22.3. The smallest absolute Gasteiger partial charge is 0.255 e. The zero-order chi connectivity index (χ0) is 25.8. The molecule has 0 unspecified atom stereocenters. The predicted molar refractivity (Wildman–Crippen MR) is 145 cm³/mol. The molecule has 1 N–H and O–H groups in total. The molecule has 0 fully saturated rings. The molecule has 0 bridgehead atoms. The predicted octanol–water partition coefficient (Wildman–Crippen LogP) is 5.93. The van der Waals surface area contributed by atoms with Gasteiger partial charge in [0.05, 0.1) is 11.6 Å². The second kappa shape index (κ2) is 11.1. The molecule has 8 nitrogen and oxygen atoms in total. The number of nitrogens with zero attached hydrogens (tertiary/aromatic N) is 3. The molecule has 3 aromatic carbocycles. The van der Waals surface area contributed by atoms with E-state index in [0.29, 0.717) is 31.7 Å². The summed E-state index contributed by atoms with van der Waals surface area (Å²) in [7, 11) is 0. The molecule has 1 aliphatic heterocycles. The first-order chi connectivity index (χ1) is 18.0. The summed E-state index contributed by atoms with van der Waals surface area (Å²) in [4.78, 5) is 28.1. The molecule has 4 aromatic rings. The summed E-state index contributed by atoms with van der Waals surface area (Å²) >= 11 is 4.74. The minimum atomic E-state index is -0.251. The average Bonchev–Trinajstić information content (AvgIpc) is 3.58. The van der Waals surface area contributed by atoms with Crippen molar-refractivity contribution in [3.8, 4) is 22.1 Å². The Kier molecular flexibility index (Phi) is 7.47. The van der Waals surface area contributed by atoms with Crippen molar-refractivity contribution in [3.63, 3.8) is 0 Å². The molecule has 0 radical (unpaired) electrons. The third kappa shape index (κ3) is 5.65. The largest absolute Gasteiger partial charge is 0.454 e. The van der Waals surface area contributed by atoms with Crippen molar-refractivity contribution >= 4 is 44.2 Å². The summed E-state index contributed by atoms with van der Waals surface area (Å²) in [6.07, 6.45) is 0.103. The topological polar surface area (TPSA) is 93.7 Å². The van der Waals surface area contributed by atoms with Crippen LogP contribution in [0, 0.1) is 0 Å². The van der Waals surface area contributed by atoms with Gasteiger partial charge < -0.3 is 19.7 Å². The van der Waals surface area contributed by atoms with Crippen molar-refractivity contribution in [2.75, 3.05) is 18.7 Å². The molecule has 188 valence electrons. The van der Waals surface area contributed by atoms with Crippen LogP contribution in [0.15, 0.2) is 77.3 Å². The van der Waals surface area contributed by atoms with E-state index >= 15 is 0 Å². The zero-order valence-electron chi connectivity index (χ0n) is 19.9. The maximum Gasteiger partial charge on any atom is 0.255 e. The van der Waals surface area contributed by atoms with Crippen LogP contribution in [0.4, 0.5) is 5.13 Å². The van der Waals surface area contributed by atoms with Crippen LogP contribution in [0.3, 0.4) is 0 Å². The van der Waals surface area contributed by atoms with E-state index in [2.05, 4.69) is 31.4 Å². The van der Waals surface area contributed by atoms with Gasteiger partial charge in [-0.3, -0.25) is 9.59 Å². The standard InChI is InChI=1S/C27H23BrN4O4S/c1-17(18-7-3-2-4-8-18)32(26(34)20-9-5-6-10-21(20)28)14-13-24(33)29-27-31-30-25(37-27)19-11-12-22-23(15-19)36-16-35-22/h2-12,15,17H,13-14,16H2,1H3,(H,29,31,33)/t17-/m1/s1. The highest BCUT2D eigenvalue weighted by atomic mass is 79.9. The highest BCUT2D eigenvalue weighted by Crippen LogP contribution is 2.37. The third-order valence-electron chi connectivity index (χ3n) is 5.99. The molecule has 0 saturated carbocycles. The number of carbonyl (C=O) groups excluding carboxylic acids is 2. The van der Waals surface area contributed by atoms with Gasteiger partial charge in [0.1, 0.15) is 5.01 Å². The van der Waals surface area contributed by atoms with Crippen LogP contribution in [0.2, 0.25) is 0 Å². The number of ether oxygens (including phenoxy) is 2. The van der Waals surface area contributed by atoms with E-state index in [0.717, 1.165) is 11.1 Å². The van der Waals surface area contributed by atoms with Crippen LogP contribution in [-0.2, 0) is 4.79 Å². The van der Waals surface area contributed by atoms with Gasteiger partial charge in [0.2, 0.25) is 17.8 Å². The van der Waals surface area contributed by atoms with Crippen LogP contribution in [-0.4, -0.2) is 40.2 Å². The van der Waals surface area contributed by atoms with Crippen LogP contribution >= 0.6 is 27.3 Å². The lowest BCUT2D eigenvalue weighted by atomic mass is 10.0. The maximum atomic E-state index is 13.5. The van der Waals surface area contributed by atoms with E-state index in [1.54, 1.807) is 11.0 Å². The lowest BCUT2D eigenvalue weighted by Crippen LogP contribution is -2.36. The van der Waals surface area contributed by atoms with E-state index in [1.807, 2.05) is 73.7 Å². The molecule has 2 amide bonds. The first-order valence-corrected chi connectivity index (χ1v) is 13.2. The molecule has 10 heteroatoms. The first-order valence-electron chi connectivity index (χ1n) is 11.6. The number of anilines is 1. The van der Waals surface area contributed by atoms with Gasteiger partial charge in [0, 0.05) is 23.0 Å². The fourth-order valence-corrected chi connectivity index (χ4v) is 5.21. The fraction of sp³-hybridized carbons (Fsp3) is 0.185. The SMILES string of the molecule is C[C@H](c1ccccc1)N(CCC(=O)Nc1nnc(-c2ccc3c(c2)OCO3)s1)C(=O)c1ccccc1Br. The maximum absolute atomic E-state index is 13.5. The summed E-state index contributed by atoms with van der Waals surface area (Å²) in [6, 6.07) is 22.4. The van der Waals surface area contributed by atoms with Crippen LogP contribution in [0.5, 0.6) is 11.5 Å². The number of hydrogen-bond acceptors (Lipinski definition) is 7. The minimum absolute atomic E-state index is 0.103. The number of aromatic nitrogens is 2. The van der Waals surface area contributed by atoms with Gasteiger partial charge >= 0.3 is 0 Å². The van der Waals surface area contributed by atoms with Crippen molar-refractivity contribution in [2.24, 2.45) is 0 Å². The number of carbonyl (C=O) groups is 2. The van der Waals surface area contributed by atoms with E-state index in [-0.39, 0.29) is 37.6 Å². The van der Waals surface area contributed by atoms with Crippen molar-refractivity contribution in [1.82, 2.24) is 15.1 Å². The lowest BCUT2D eigenvalue weighted by molar-refractivity contribution is -0.116. The number of fused-ring (bicyclic) bond motifs is 1. The van der Waals surface area contributed by atoms with Gasteiger partial charge in [-0.1, -0.05) is 53.8 Å². The summed E-state index contributed by atoms with van der Waals surface area (Å²) in [5.74, 6) is 0.935. The Bertz CT molecular complexity index is 1430. The van der Waals surface area contributed by atoms with E-state index in [9.17, 15) is 9.59 Å². The molecule has 1 aromatic heterocycles. The second-order valence-electron chi connectivity index (χ2n) is 8.34. The van der Waals surface area contributed by atoms with Gasteiger partial charge in [-0.25, -0.2) is 0 Å². The minimum Gasteiger partial charge on any atom is -0.454 e. The summed E-state index contributed by atoms with van der Waals surface area (Å²) in [5, 5.41) is 12.1. The fourth-order valence-electron chi connectivity index (χ4n) is 4.00. The highest BCUT2D eigenvalue weighted by molar-refractivity contribution is 9.10. The molecule has 1 aliphatic rings. The van der Waals surface area contributed by atoms with Crippen LogP contribution in [0.25, 0.3) is 10.6 Å². The first kappa shape index (κ1) is 24.9. The molecule has 5 rings (SSSR count). The Labute approximate surface area is 226 Å². The number of amides is 2. The highest BCUT2D eigenvalue weighted by Gasteiger charge is 2.25. The molecule has 37 heavy (non-hydrogen) atoms. The molecular formula is C27H23BrN4O4S. The lowest BCUT2D eigenvalue weighted by Gasteiger charge is -2.30. The van der Waals surface area contributed by atoms with Gasteiger partial charge in [0.25, 0.3) is 5.91 Å². The average molecular weight is 579 g/mol. The number of rotatable bonds is 8. The Balaban J connectivity index is 1.27. The van der Waals surface area contributed by atoms with Crippen molar-refractivity contribution < 1.29 is 19.1 Å². The Morgan fingerprint density at radius 3 is 2.59 bits per heavy atom. The van der Waals surface area contributed by atoms with Gasteiger partial charge in [-0.15, -0.1) is 10.2 Å². The van der Waals surface area contributed by atoms with Crippen LogP contribution in [0.1, 0.15) is 35.3 Å². The van der Waals surface area contributed by atoms with Crippen molar-refractivity contribution in [1.29, 1.82) is 0 Å². The monoisotopic (exact) mass is 578 g/mol. The normalized spacial score (nSPS) is 12.7. The molecule has 0 saturated heterocycles. The number of nitrogens with one attached hydrogen (secondary N) is 1. The third-order valence-corrected chi connectivity index (χ3v) is 7.56. The second-order valence-corrected chi connectivity index (χ2v) is 10.2. The van der Waals surface area contributed by atoms with Gasteiger partial charge in [-0.2, -0.15) is 0 Å². The van der Waals surface area contributed by atoms with E-state index in [4.69, 9.17) is 9.47 Å². The molecule has 1 atom stereocenters. The van der Waals surface area contributed by atoms with Crippen molar-refractivity contribution in [2.45, 2.75) is 19.4 Å². The van der Waals surface area contributed by atoms with Gasteiger partial charge in [-0.05, 0) is 58.7 Å². The van der Waals surface area contributed by atoms with Crippen LogP contribution < -0.4 is 14.8 Å². The summed E-state index contributed by atoms with van der Waals surface area (Å²) < 4.78 is 11.5. The van der Waals surface area contributed by atoms with Gasteiger partial charge in [0.15, 0.2) is 11.5 Å². The molecule has 2 heterocycles. The Morgan fingerprint density at radius 1 is 1.03 bits per heavy atom. The Hall–Kier alpha value is -3.76. The quantitative estimate of drug-likeness (QED) is 0.278. The number of hydrogen-bond donors (Lipinski definition) is 1. The Morgan fingerprint density at radius 2 is 1.78 bits per heavy atom. The summed E-state index contributed by atoms with van der Waals surface area (Å²) in [6.45, 7) is 2.39. The van der Waals surface area contributed by atoms with E-state index < -0.39 is 0 Å².